The van der Waals surface area contributed by atoms with Crippen molar-refractivity contribution in [3.63, 3.8) is 0 Å². The van der Waals surface area contributed by atoms with Crippen LogP contribution in [0.3, 0.4) is 0 Å². The lowest BCUT2D eigenvalue weighted by molar-refractivity contribution is -0.144. The summed E-state index contributed by atoms with van der Waals surface area (Å²) in [5, 5.41) is 38.5. The number of aliphatic hydroxyl groups is 4. The maximum atomic E-state index is 9.85. The van der Waals surface area contributed by atoms with Crippen molar-refractivity contribution in [2.75, 3.05) is 19.7 Å². The molecule has 0 amide bonds. The highest BCUT2D eigenvalue weighted by Gasteiger charge is 2.40. The fourth-order valence-corrected chi connectivity index (χ4v) is 2.44. The summed E-state index contributed by atoms with van der Waals surface area (Å²) in [6.07, 6.45) is -0.975. The van der Waals surface area contributed by atoms with Gasteiger partial charge in [0.1, 0.15) is 12.2 Å². The molecule has 1 fully saturated rings. The first-order chi connectivity index (χ1) is 9.13. The molecule has 0 aromatic carbocycles. The van der Waals surface area contributed by atoms with Crippen molar-refractivity contribution in [1.29, 1.82) is 0 Å². The second-order valence-electron chi connectivity index (χ2n) is 4.86. The van der Waals surface area contributed by atoms with Crippen LogP contribution < -0.4 is 0 Å². The molecule has 6 heteroatoms. The van der Waals surface area contributed by atoms with E-state index in [1.807, 2.05) is 18.2 Å². The molecule has 19 heavy (non-hydrogen) atoms. The standard InChI is InChI=1S/C13H20N2O4/c16-8-10-12(18)13(19)11(17)7-15(10)6-4-9-3-1-2-5-14-9/h1-3,5,10-13,16-19H,4,6-8H2/t10-,11+,12-,13-/m1/s1. The van der Waals surface area contributed by atoms with Gasteiger partial charge in [-0.3, -0.25) is 9.88 Å². The van der Waals surface area contributed by atoms with Gasteiger partial charge >= 0.3 is 0 Å². The Morgan fingerprint density at radius 2 is 2.00 bits per heavy atom. The largest absolute Gasteiger partial charge is 0.395 e. The van der Waals surface area contributed by atoms with E-state index in [1.165, 1.54) is 0 Å². The van der Waals surface area contributed by atoms with Crippen LogP contribution in [0, 0.1) is 0 Å². The molecule has 0 spiro atoms. The van der Waals surface area contributed by atoms with Gasteiger partial charge in [0, 0.05) is 31.4 Å². The van der Waals surface area contributed by atoms with Gasteiger partial charge in [-0.15, -0.1) is 0 Å². The molecule has 1 aromatic heterocycles. The van der Waals surface area contributed by atoms with Gasteiger partial charge in [-0.25, -0.2) is 0 Å². The number of hydrogen-bond donors (Lipinski definition) is 4. The summed E-state index contributed by atoms with van der Waals surface area (Å²) in [5.41, 5.74) is 0.911. The van der Waals surface area contributed by atoms with Crippen LogP contribution in [-0.4, -0.2) is 74.4 Å². The molecule has 1 saturated heterocycles. The fourth-order valence-electron chi connectivity index (χ4n) is 2.44. The zero-order chi connectivity index (χ0) is 13.8. The maximum Gasteiger partial charge on any atom is 0.109 e. The number of β-amino-alcohol motifs (C(OH)–C–C–N with tert-alkyl or cyclic N) is 1. The summed E-state index contributed by atoms with van der Waals surface area (Å²) in [4.78, 5) is 5.99. The van der Waals surface area contributed by atoms with E-state index in [0.29, 0.717) is 13.0 Å². The van der Waals surface area contributed by atoms with Crippen LogP contribution in [-0.2, 0) is 6.42 Å². The summed E-state index contributed by atoms with van der Waals surface area (Å²) < 4.78 is 0. The molecular weight excluding hydrogens is 248 g/mol. The molecule has 2 heterocycles. The van der Waals surface area contributed by atoms with Crippen LogP contribution in [0.25, 0.3) is 0 Å². The number of piperidine rings is 1. The van der Waals surface area contributed by atoms with E-state index in [4.69, 9.17) is 0 Å². The van der Waals surface area contributed by atoms with Crippen molar-refractivity contribution in [2.24, 2.45) is 0 Å². The number of nitrogens with zero attached hydrogens (tertiary/aromatic N) is 2. The van der Waals surface area contributed by atoms with Crippen LogP contribution >= 0.6 is 0 Å². The minimum atomic E-state index is -1.21. The Morgan fingerprint density at radius 1 is 1.21 bits per heavy atom. The van der Waals surface area contributed by atoms with E-state index >= 15 is 0 Å². The summed E-state index contributed by atoms with van der Waals surface area (Å²) in [5.74, 6) is 0. The topological polar surface area (TPSA) is 97.0 Å². The average molecular weight is 268 g/mol. The monoisotopic (exact) mass is 268 g/mol. The van der Waals surface area contributed by atoms with Crippen LogP contribution in [0.2, 0.25) is 0 Å². The van der Waals surface area contributed by atoms with Crippen molar-refractivity contribution in [1.82, 2.24) is 9.88 Å². The number of likely N-dealkylation sites (tertiary alicyclic amines) is 1. The summed E-state index contributed by atoms with van der Waals surface area (Å²) in [7, 11) is 0. The Labute approximate surface area is 112 Å². The molecule has 0 unspecified atom stereocenters. The Hall–Kier alpha value is -1.05. The lowest BCUT2D eigenvalue weighted by Crippen LogP contribution is -2.62. The van der Waals surface area contributed by atoms with E-state index in [2.05, 4.69) is 4.98 Å². The molecule has 0 saturated carbocycles. The normalized spacial score (nSPS) is 32.4. The fraction of sp³-hybridized carbons (Fsp3) is 0.615. The van der Waals surface area contributed by atoms with Gasteiger partial charge in [-0.05, 0) is 12.1 Å². The molecule has 4 atom stereocenters. The number of aliphatic hydroxyl groups excluding tert-OH is 4. The third-order valence-electron chi connectivity index (χ3n) is 3.60. The van der Waals surface area contributed by atoms with Crippen LogP contribution in [0.5, 0.6) is 0 Å². The van der Waals surface area contributed by atoms with Gasteiger partial charge in [-0.2, -0.15) is 0 Å². The molecule has 0 aliphatic carbocycles. The minimum Gasteiger partial charge on any atom is -0.395 e. The first-order valence-electron chi connectivity index (χ1n) is 6.42. The number of pyridine rings is 1. The molecule has 2 rings (SSSR count). The van der Waals surface area contributed by atoms with Gasteiger partial charge in [0.25, 0.3) is 0 Å². The van der Waals surface area contributed by atoms with Gasteiger partial charge in [0.2, 0.25) is 0 Å². The predicted octanol–water partition coefficient (Wildman–Crippen LogP) is -1.62. The molecule has 106 valence electrons. The van der Waals surface area contributed by atoms with Crippen molar-refractivity contribution >= 4 is 0 Å². The molecule has 0 radical (unpaired) electrons. The Morgan fingerprint density at radius 3 is 2.63 bits per heavy atom. The van der Waals surface area contributed by atoms with E-state index < -0.39 is 24.4 Å². The third kappa shape index (κ3) is 3.29. The number of aromatic nitrogens is 1. The second-order valence-corrected chi connectivity index (χ2v) is 4.86. The van der Waals surface area contributed by atoms with E-state index in [1.54, 1.807) is 11.1 Å². The highest BCUT2D eigenvalue weighted by atomic mass is 16.4. The molecule has 1 aliphatic heterocycles. The van der Waals surface area contributed by atoms with Gasteiger partial charge in [0.15, 0.2) is 0 Å². The van der Waals surface area contributed by atoms with Gasteiger partial charge in [-0.1, -0.05) is 6.07 Å². The summed E-state index contributed by atoms with van der Waals surface area (Å²) >= 11 is 0. The highest BCUT2D eigenvalue weighted by molar-refractivity contribution is 5.04. The quantitative estimate of drug-likeness (QED) is 0.524. The lowest BCUT2D eigenvalue weighted by atomic mass is 9.94. The Kier molecular flexibility index (Phi) is 4.84. The first kappa shape index (κ1) is 14.4. The van der Waals surface area contributed by atoms with Gasteiger partial charge < -0.3 is 20.4 Å². The van der Waals surface area contributed by atoms with Crippen LogP contribution in [0.4, 0.5) is 0 Å². The Bertz CT molecular complexity index is 389. The van der Waals surface area contributed by atoms with Gasteiger partial charge in [0.05, 0.1) is 18.8 Å². The molecule has 1 aliphatic rings. The highest BCUT2D eigenvalue weighted by Crippen LogP contribution is 2.19. The SMILES string of the molecule is OC[C@@H]1[C@@H](O)[C@H](O)[C@@H](O)CN1CCc1ccccn1. The van der Waals surface area contributed by atoms with Crippen molar-refractivity contribution < 1.29 is 20.4 Å². The van der Waals surface area contributed by atoms with Crippen LogP contribution in [0.15, 0.2) is 24.4 Å². The van der Waals surface area contributed by atoms with E-state index in [-0.39, 0.29) is 13.2 Å². The number of rotatable bonds is 4. The average Bonchev–Trinajstić information content (AvgIpc) is 2.44. The van der Waals surface area contributed by atoms with E-state index in [0.717, 1.165) is 5.69 Å². The van der Waals surface area contributed by atoms with Crippen molar-refractivity contribution in [2.45, 2.75) is 30.8 Å². The minimum absolute atomic E-state index is 0.232. The Balaban J connectivity index is 1.98. The number of hydrogen-bond acceptors (Lipinski definition) is 6. The zero-order valence-electron chi connectivity index (χ0n) is 10.6. The zero-order valence-corrected chi connectivity index (χ0v) is 10.6. The summed E-state index contributed by atoms with van der Waals surface area (Å²) in [6.45, 7) is 0.534. The summed E-state index contributed by atoms with van der Waals surface area (Å²) in [6, 6.07) is 5.09. The lowest BCUT2D eigenvalue weighted by Gasteiger charge is -2.43. The van der Waals surface area contributed by atoms with Crippen LogP contribution in [0.1, 0.15) is 5.69 Å². The van der Waals surface area contributed by atoms with Crippen molar-refractivity contribution in [3.8, 4) is 0 Å². The molecule has 0 bridgehead atoms. The van der Waals surface area contributed by atoms with Crippen molar-refractivity contribution in [3.05, 3.63) is 30.1 Å². The molecule has 4 N–H and O–H groups in total. The first-order valence-corrected chi connectivity index (χ1v) is 6.42. The maximum absolute atomic E-state index is 9.85. The third-order valence-corrected chi connectivity index (χ3v) is 3.60. The smallest absolute Gasteiger partial charge is 0.109 e. The predicted molar refractivity (Wildman–Crippen MR) is 68.4 cm³/mol. The molecule has 6 nitrogen and oxygen atoms in total. The van der Waals surface area contributed by atoms with E-state index in [9.17, 15) is 20.4 Å². The molecule has 1 aromatic rings. The second kappa shape index (κ2) is 6.40. The molecular formula is C13H20N2O4.